The van der Waals surface area contributed by atoms with Crippen molar-refractivity contribution in [1.29, 1.82) is 0 Å². The van der Waals surface area contributed by atoms with Gasteiger partial charge >= 0.3 is 0 Å². The van der Waals surface area contributed by atoms with Gasteiger partial charge in [0.1, 0.15) is 5.82 Å². The normalized spacial score (nSPS) is 13.5. The zero-order chi connectivity index (χ0) is 20.5. The van der Waals surface area contributed by atoms with Gasteiger partial charge in [0.15, 0.2) is 5.82 Å². The van der Waals surface area contributed by atoms with E-state index in [1.54, 1.807) is 18.0 Å². The van der Waals surface area contributed by atoms with Crippen molar-refractivity contribution in [3.63, 3.8) is 0 Å². The minimum Gasteiger partial charge on any atom is -0.399 e. The van der Waals surface area contributed by atoms with Crippen LogP contribution >= 0.6 is 11.8 Å². The Kier molecular flexibility index (Phi) is 7.84. The van der Waals surface area contributed by atoms with E-state index in [9.17, 15) is 0 Å². The van der Waals surface area contributed by atoms with Gasteiger partial charge in [-0.25, -0.2) is 15.0 Å². The molecule has 2 N–H and O–H groups in total. The lowest BCUT2D eigenvalue weighted by Crippen LogP contribution is -2.37. The fourth-order valence-corrected chi connectivity index (χ4v) is 3.61. The van der Waals surface area contributed by atoms with Crippen LogP contribution in [0.3, 0.4) is 0 Å². The molecule has 1 aromatic carbocycles. The first-order valence-electron chi connectivity index (χ1n) is 9.88. The molecule has 7 heteroatoms. The lowest BCUT2D eigenvalue weighted by Gasteiger charge is -2.28. The second-order valence-corrected chi connectivity index (χ2v) is 7.21. The van der Waals surface area contributed by atoms with E-state index in [2.05, 4.69) is 16.0 Å². The molecule has 3 aromatic rings. The summed E-state index contributed by atoms with van der Waals surface area (Å²) in [7, 11) is 0. The Morgan fingerprint density at radius 1 is 1.03 bits per heavy atom. The van der Waals surface area contributed by atoms with Crippen LogP contribution in [0.4, 0.5) is 11.5 Å². The molecular formula is C22H27N5OS. The van der Waals surface area contributed by atoms with Crippen molar-refractivity contribution in [2.45, 2.75) is 24.6 Å². The summed E-state index contributed by atoms with van der Waals surface area (Å²) in [4.78, 5) is 16.2. The fourth-order valence-electron chi connectivity index (χ4n) is 2.85. The predicted molar refractivity (Wildman–Crippen MR) is 120 cm³/mol. The first kappa shape index (κ1) is 21.1. The summed E-state index contributed by atoms with van der Waals surface area (Å²) in [6.45, 7) is 7.12. The lowest BCUT2D eigenvalue weighted by molar-refractivity contribution is 0.122. The highest BCUT2D eigenvalue weighted by atomic mass is 32.2. The molecule has 1 aliphatic heterocycles. The van der Waals surface area contributed by atoms with Crippen LogP contribution in [0.5, 0.6) is 0 Å². The third-order valence-corrected chi connectivity index (χ3v) is 5.25. The van der Waals surface area contributed by atoms with Gasteiger partial charge < -0.3 is 15.4 Å². The number of aromatic nitrogens is 3. The highest BCUT2D eigenvalue weighted by Crippen LogP contribution is 2.25. The number of ether oxygens (including phenoxy) is 1. The molecule has 1 fully saturated rings. The van der Waals surface area contributed by atoms with Crippen LogP contribution in [0.1, 0.15) is 19.5 Å². The summed E-state index contributed by atoms with van der Waals surface area (Å²) < 4.78 is 5.47. The molecule has 3 heterocycles. The van der Waals surface area contributed by atoms with Crippen molar-refractivity contribution in [3.8, 4) is 11.4 Å². The number of hydrogen-bond acceptors (Lipinski definition) is 7. The van der Waals surface area contributed by atoms with Crippen LogP contribution < -0.4 is 10.6 Å². The summed E-state index contributed by atoms with van der Waals surface area (Å²) in [5.41, 5.74) is 8.49. The predicted octanol–water partition coefficient (Wildman–Crippen LogP) is 4.28. The Hall–Kier alpha value is -2.64. The lowest BCUT2D eigenvalue weighted by atomic mass is 10.2. The molecule has 0 radical (unpaired) electrons. The van der Waals surface area contributed by atoms with Crippen molar-refractivity contribution in [2.75, 3.05) is 36.9 Å². The Bertz CT molecular complexity index is 883. The first-order chi connectivity index (χ1) is 14.3. The highest BCUT2D eigenvalue weighted by Gasteiger charge is 2.16. The fraction of sp³-hybridized carbons (Fsp3) is 0.318. The summed E-state index contributed by atoms with van der Waals surface area (Å²) in [5.74, 6) is 2.39. The van der Waals surface area contributed by atoms with Gasteiger partial charge in [-0.1, -0.05) is 19.9 Å². The Morgan fingerprint density at radius 3 is 2.48 bits per heavy atom. The average Bonchev–Trinajstić information content (AvgIpc) is 2.80. The van der Waals surface area contributed by atoms with E-state index in [1.165, 1.54) is 0 Å². The van der Waals surface area contributed by atoms with E-state index in [0.717, 1.165) is 65.7 Å². The van der Waals surface area contributed by atoms with E-state index in [0.29, 0.717) is 0 Å². The largest absolute Gasteiger partial charge is 0.399 e. The summed E-state index contributed by atoms with van der Waals surface area (Å²) >= 11 is 1.67. The zero-order valence-electron chi connectivity index (χ0n) is 16.9. The summed E-state index contributed by atoms with van der Waals surface area (Å²) in [6.07, 6.45) is 1.81. The molecule has 29 heavy (non-hydrogen) atoms. The van der Waals surface area contributed by atoms with E-state index in [-0.39, 0.29) is 0 Å². The summed E-state index contributed by atoms with van der Waals surface area (Å²) in [5, 5.41) is 0.984. The highest BCUT2D eigenvalue weighted by molar-refractivity contribution is 7.98. The van der Waals surface area contributed by atoms with Gasteiger partial charge in [0.2, 0.25) is 0 Å². The van der Waals surface area contributed by atoms with Crippen LogP contribution in [0.25, 0.3) is 11.4 Å². The second kappa shape index (κ2) is 10.8. The molecule has 0 unspecified atom stereocenters. The molecule has 0 spiro atoms. The Morgan fingerprint density at radius 2 is 1.79 bits per heavy atom. The smallest absolute Gasteiger partial charge is 0.161 e. The van der Waals surface area contributed by atoms with Gasteiger partial charge in [-0.15, -0.1) is 11.8 Å². The molecule has 0 atom stereocenters. The van der Waals surface area contributed by atoms with Crippen molar-refractivity contribution < 1.29 is 4.74 Å². The number of nitrogen functional groups attached to an aromatic ring is 1. The van der Waals surface area contributed by atoms with Crippen LogP contribution in [-0.2, 0) is 10.5 Å². The Labute approximate surface area is 176 Å². The van der Waals surface area contributed by atoms with Crippen LogP contribution in [-0.4, -0.2) is 41.3 Å². The van der Waals surface area contributed by atoms with Crippen LogP contribution in [0.2, 0.25) is 0 Å². The molecule has 0 aliphatic carbocycles. The molecule has 0 saturated carbocycles. The quantitative estimate of drug-likeness (QED) is 0.498. The van der Waals surface area contributed by atoms with Gasteiger partial charge in [0.25, 0.3) is 0 Å². The molecule has 2 aromatic heterocycles. The maximum absolute atomic E-state index is 5.82. The topological polar surface area (TPSA) is 77.2 Å². The third-order valence-electron chi connectivity index (χ3n) is 4.28. The number of nitrogens with two attached hydrogens (primary N) is 1. The molecule has 152 valence electrons. The number of morpholine rings is 1. The van der Waals surface area contributed by atoms with E-state index < -0.39 is 0 Å². The molecule has 6 nitrogen and oxygen atoms in total. The number of benzene rings is 1. The molecule has 0 amide bonds. The number of anilines is 2. The molecule has 1 saturated heterocycles. The third kappa shape index (κ3) is 5.92. The molecule has 1 aliphatic rings. The summed E-state index contributed by atoms with van der Waals surface area (Å²) in [6, 6.07) is 15.7. The molecular weight excluding hydrogens is 382 g/mol. The SMILES string of the molecule is CC.Nc1ccc(-c2nc(CSc3ccccn3)cc(N3CCOCC3)n2)cc1. The van der Waals surface area contributed by atoms with Gasteiger partial charge in [-0.05, 0) is 36.4 Å². The van der Waals surface area contributed by atoms with Gasteiger partial charge in [-0.2, -0.15) is 0 Å². The molecule has 0 bridgehead atoms. The van der Waals surface area contributed by atoms with Crippen LogP contribution in [0, 0.1) is 0 Å². The monoisotopic (exact) mass is 409 g/mol. The van der Waals surface area contributed by atoms with E-state index in [1.807, 2.05) is 56.3 Å². The van der Waals surface area contributed by atoms with Gasteiger partial charge in [0.05, 0.1) is 23.9 Å². The minimum atomic E-state index is 0.718. The van der Waals surface area contributed by atoms with Crippen molar-refractivity contribution in [3.05, 3.63) is 60.4 Å². The van der Waals surface area contributed by atoms with Crippen molar-refractivity contribution >= 4 is 23.3 Å². The minimum absolute atomic E-state index is 0.718. The Balaban J connectivity index is 0.00000117. The standard InChI is InChI=1S/C20H21N5OS.C2H6/c21-16-6-4-15(5-7-16)20-23-17(14-27-19-3-1-2-8-22-19)13-18(24-20)25-9-11-26-12-10-25;1-2/h1-8,13H,9-12,14,21H2;1-2H3. The van der Waals surface area contributed by atoms with Gasteiger partial charge in [-0.3, -0.25) is 0 Å². The number of hydrogen-bond donors (Lipinski definition) is 1. The first-order valence-corrected chi connectivity index (χ1v) is 10.9. The average molecular weight is 410 g/mol. The maximum atomic E-state index is 5.82. The van der Waals surface area contributed by atoms with E-state index in [4.69, 9.17) is 20.4 Å². The number of pyridine rings is 1. The van der Waals surface area contributed by atoms with Crippen LogP contribution in [0.15, 0.2) is 59.8 Å². The van der Waals surface area contributed by atoms with Crippen molar-refractivity contribution in [1.82, 2.24) is 15.0 Å². The number of nitrogens with zero attached hydrogens (tertiary/aromatic N) is 4. The zero-order valence-corrected chi connectivity index (χ0v) is 17.7. The second-order valence-electron chi connectivity index (χ2n) is 6.22. The van der Waals surface area contributed by atoms with Gasteiger partial charge in [0, 0.05) is 42.4 Å². The number of thioether (sulfide) groups is 1. The molecule has 4 rings (SSSR count). The van der Waals surface area contributed by atoms with E-state index >= 15 is 0 Å². The van der Waals surface area contributed by atoms with Crippen molar-refractivity contribution in [2.24, 2.45) is 0 Å². The number of rotatable bonds is 5. The maximum Gasteiger partial charge on any atom is 0.161 e.